The van der Waals surface area contributed by atoms with E-state index in [2.05, 4.69) is 72.8 Å². The van der Waals surface area contributed by atoms with Crippen molar-refractivity contribution in [1.82, 2.24) is 4.90 Å². The highest BCUT2D eigenvalue weighted by atomic mass is 79.9. The molecule has 0 saturated heterocycles. The number of nitrogens with zero attached hydrogens (tertiary/aromatic N) is 1. The molecule has 0 bridgehead atoms. The molecule has 1 aromatic rings. The van der Waals surface area contributed by atoms with Crippen molar-refractivity contribution in [3.8, 4) is 0 Å². The molecule has 2 nitrogen and oxygen atoms in total. The summed E-state index contributed by atoms with van der Waals surface area (Å²) in [4.78, 5) is 2.54. The fourth-order valence-corrected chi connectivity index (χ4v) is 2.89. The number of benzene rings is 1. The highest BCUT2D eigenvalue weighted by molar-refractivity contribution is 9.10. The second-order valence-electron chi connectivity index (χ2n) is 5.91. The number of hydrogen-bond donors (Lipinski definition) is 1. The molecule has 0 radical (unpaired) electrons. The lowest BCUT2D eigenvalue weighted by atomic mass is 9.91. The first-order chi connectivity index (χ1) is 8.93. The van der Waals surface area contributed by atoms with Crippen LogP contribution in [0.1, 0.15) is 45.7 Å². The van der Waals surface area contributed by atoms with Crippen molar-refractivity contribution in [2.45, 2.75) is 40.2 Å². The van der Waals surface area contributed by atoms with Crippen LogP contribution < -0.4 is 5.73 Å². The van der Waals surface area contributed by atoms with E-state index in [-0.39, 0.29) is 5.41 Å². The fourth-order valence-electron chi connectivity index (χ4n) is 2.48. The minimum Gasteiger partial charge on any atom is -0.330 e. The van der Waals surface area contributed by atoms with Gasteiger partial charge in [-0.15, -0.1) is 0 Å². The quantitative estimate of drug-likeness (QED) is 0.813. The maximum atomic E-state index is 5.88. The van der Waals surface area contributed by atoms with Crippen LogP contribution in [0, 0.1) is 5.41 Å². The average Bonchev–Trinajstić information content (AvgIpc) is 2.38. The number of rotatable bonds is 7. The van der Waals surface area contributed by atoms with Crippen LogP contribution in [0.5, 0.6) is 0 Å². The van der Waals surface area contributed by atoms with E-state index in [1.54, 1.807) is 0 Å². The van der Waals surface area contributed by atoms with E-state index < -0.39 is 0 Å². The van der Waals surface area contributed by atoms with Crippen LogP contribution in [0.25, 0.3) is 0 Å². The largest absolute Gasteiger partial charge is 0.330 e. The Kier molecular flexibility index (Phi) is 6.51. The Morgan fingerprint density at radius 1 is 1.32 bits per heavy atom. The third kappa shape index (κ3) is 4.90. The van der Waals surface area contributed by atoms with Crippen LogP contribution in [0.15, 0.2) is 28.7 Å². The molecule has 1 unspecified atom stereocenters. The third-order valence-electron chi connectivity index (χ3n) is 3.65. The summed E-state index contributed by atoms with van der Waals surface area (Å²) in [6.07, 6.45) is 1.12. The van der Waals surface area contributed by atoms with Gasteiger partial charge in [-0.2, -0.15) is 0 Å². The zero-order valence-electron chi connectivity index (χ0n) is 12.6. The summed E-state index contributed by atoms with van der Waals surface area (Å²) in [5.41, 5.74) is 7.42. The topological polar surface area (TPSA) is 29.3 Å². The summed E-state index contributed by atoms with van der Waals surface area (Å²) >= 11 is 3.57. The van der Waals surface area contributed by atoms with Gasteiger partial charge in [-0.3, -0.25) is 4.90 Å². The highest BCUT2D eigenvalue weighted by Gasteiger charge is 2.24. The molecule has 0 fully saturated rings. The van der Waals surface area contributed by atoms with E-state index in [4.69, 9.17) is 5.73 Å². The summed E-state index contributed by atoms with van der Waals surface area (Å²) < 4.78 is 1.15. The van der Waals surface area contributed by atoms with Gasteiger partial charge in [0.05, 0.1) is 0 Å². The van der Waals surface area contributed by atoms with Crippen molar-refractivity contribution in [2.24, 2.45) is 11.1 Å². The van der Waals surface area contributed by atoms with E-state index in [9.17, 15) is 0 Å². The van der Waals surface area contributed by atoms with Crippen LogP contribution in [-0.2, 0) is 0 Å². The van der Waals surface area contributed by atoms with Gasteiger partial charge in [0, 0.05) is 17.1 Å². The molecule has 108 valence electrons. The Hall–Kier alpha value is -0.380. The predicted octanol–water partition coefficient (Wildman–Crippen LogP) is 4.21. The smallest absolute Gasteiger partial charge is 0.0346 e. The van der Waals surface area contributed by atoms with Crippen LogP contribution in [0.4, 0.5) is 0 Å². The summed E-state index contributed by atoms with van der Waals surface area (Å²) in [5.74, 6) is 0. The van der Waals surface area contributed by atoms with Crippen LogP contribution in [-0.4, -0.2) is 24.5 Å². The van der Waals surface area contributed by atoms with Crippen molar-refractivity contribution in [2.75, 3.05) is 19.6 Å². The summed E-state index contributed by atoms with van der Waals surface area (Å²) in [7, 11) is 0. The summed E-state index contributed by atoms with van der Waals surface area (Å²) in [5, 5.41) is 0. The second-order valence-corrected chi connectivity index (χ2v) is 6.83. The normalized spacial score (nSPS) is 13.8. The lowest BCUT2D eigenvalue weighted by Crippen LogP contribution is -2.40. The second kappa shape index (κ2) is 7.41. The molecule has 2 N–H and O–H groups in total. The molecular weight excluding hydrogens is 300 g/mol. The monoisotopic (exact) mass is 326 g/mol. The zero-order valence-corrected chi connectivity index (χ0v) is 14.2. The third-order valence-corrected chi connectivity index (χ3v) is 4.14. The standard InChI is InChI=1S/C16H27BrN2/c1-5-15(13-8-7-9-14(17)10-13)19(6-2)12-16(3,4)11-18/h7-10,15H,5-6,11-12,18H2,1-4H3. The number of hydrogen-bond acceptors (Lipinski definition) is 2. The van der Waals surface area contributed by atoms with Crippen molar-refractivity contribution in [1.29, 1.82) is 0 Å². The van der Waals surface area contributed by atoms with Gasteiger partial charge in [-0.1, -0.05) is 55.8 Å². The average molecular weight is 327 g/mol. The Morgan fingerprint density at radius 2 is 2.00 bits per heavy atom. The van der Waals surface area contributed by atoms with Gasteiger partial charge in [0.15, 0.2) is 0 Å². The molecule has 0 saturated carbocycles. The molecule has 0 aromatic heterocycles. The predicted molar refractivity (Wildman–Crippen MR) is 87.3 cm³/mol. The minimum atomic E-state index is 0.162. The summed E-state index contributed by atoms with van der Waals surface area (Å²) in [6.45, 7) is 11.8. The maximum Gasteiger partial charge on any atom is 0.0346 e. The van der Waals surface area contributed by atoms with E-state index >= 15 is 0 Å². The zero-order chi connectivity index (χ0) is 14.5. The lowest BCUT2D eigenvalue weighted by Gasteiger charge is -2.36. The van der Waals surface area contributed by atoms with Crippen LogP contribution in [0.2, 0.25) is 0 Å². The lowest BCUT2D eigenvalue weighted by molar-refractivity contribution is 0.135. The molecule has 19 heavy (non-hydrogen) atoms. The van der Waals surface area contributed by atoms with Crippen molar-refractivity contribution >= 4 is 15.9 Å². The number of nitrogens with two attached hydrogens (primary N) is 1. The molecule has 1 aromatic carbocycles. The molecule has 0 aliphatic rings. The Morgan fingerprint density at radius 3 is 2.47 bits per heavy atom. The molecule has 1 atom stereocenters. The van der Waals surface area contributed by atoms with E-state index in [1.165, 1.54) is 5.56 Å². The van der Waals surface area contributed by atoms with E-state index in [1.807, 2.05) is 0 Å². The van der Waals surface area contributed by atoms with E-state index in [0.717, 1.165) is 30.5 Å². The molecule has 0 heterocycles. The van der Waals surface area contributed by atoms with Crippen LogP contribution in [0.3, 0.4) is 0 Å². The van der Waals surface area contributed by atoms with Gasteiger partial charge in [0.2, 0.25) is 0 Å². The molecule has 0 aliphatic heterocycles. The van der Waals surface area contributed by atoms with Gasteiger partial charge in [0.1, 0.15) is 0 Å². The Balaban J connectivity index is 2.93. The highest BCUT2D eigenvalue weighted by Crippen LogP contribution is 2.29. The molecule has 0 amide bonds. The number of halogens is 1. The van der Waals surface area contributed by atoms with Gasteiger partial charge < -0.3 is 5.73 Å². The molecule has 1 rings (SSSR count). The Labute approximate surface area is 126 Å². The fraction of sp³-hybridized carbons (Fsp3) is 0.625. The van der Waals surface area contributed by atoms with Crippen molar-refractivity contribution in [3.05, 3.63) is 34.3 Å². The first-order valence-electron chi connectivity index (χ1n) is 7.13. The first-order valence-corrected chi connectivity index (χ1v) is 7.92. The molecular formula is C16H27BrN2. The van der Waals surface area contributed by atoms with Gasteiger partial charge >= 0.3 is 0 Å². The van der Waals surface area contributed by atoms with Crippen molar-refractivity contribution < 1.29 is 0 Å². The molecule has 0 aliphatic carbocycles. The summed E-state index contributed by atoms with van der Waals surface area (Å²) in [6, 6.07) is 9.11. The van der Waals surface area contributed by atoms with Crippen LogP contribution >= 0.6 is 15.9 Å². The maximum absolute atomic E-state index is 5.88. The Bertz CT molecular complexity index is 390. The van der Waals surface area contributed by atoms with Crippen molar-refractivity contribution in [3.63, 3.8) is 0 Å². The van der Waals surface area contributed by atoms with Gasteiger partial charge in [-0.05, 0) is 42.6 Å². The molecule has 3 heteroatoms. The van der Waals surface area contributed by atoms with Gasteiger partial charge in [-0.25, -0.2) is 0 Å². The molecule has 0 spiro atoms. The van der Waals surface area contributed by atoms with Gasteiger partial charge in [0.25, 0.3) is 0 Å². The first kappa shape index (κ1) is 16.7. The minimum absolute atomic E-state index is 0.162. The van der Waals surface area contributed by atoms with E-state index in [0.29, 0.717) is 6.04 Å². The SMILES string of the molecule is CCC(c1cccc(Br)c1)N(CC)CC(C)(C)CN.